The zero-order valence-corrected chi connectivity index (χ0v) is 8.02. The first-order valence-corrected chi connectivity index (χ1v) is 4.41. The summed E-state index contributed by atoms with van der Waals surface area (Å²) in [4.78, 5) is 0. The molecule has 0 saturated heterocycles. The van der Waals surface area contributed by atoms with Crippen molar-refractivity contribution in [2.45, 2.75) is 0 Å². The van der Waals surface area contributed by atoms with Gasteiger partial charge in [-0.3, -0.25) is 0 Å². The molecule has 0 saturated carbocycles. The number of oxime groups is 2. The van der Waals surface area contributed by atoms with Gasteiger partial charge in [0.05, 0.1) is 5.88 Å². The quantitative estimate of drug-likeness (QED) is 0.348. The minimum Gasteiger partial charge on any atom is -0.411 e. The highest BCUT2D eigenvalue weighted by Gasteiger charge is 2.11. The fourth-order valence-corrected chi connectivity index (χ4v) is 1.20. The van der Waals surface area contributed by atoms with Crippen LogP contribution >= 0.6 is 11.6 Å². The van der Waals surface area contributed by atoms with Crippen molar-refractivity contribution in [1.82, 2.24) is 0 Å². The van der Waals surface area contributed by atoms with Crippen molar-refractivity contribution < 1.29 is 10.4 Å². The van der Waals surface area contributed by atoms with Gasteiger partial charge in [0.25, 0.3) is 0 Å². The Labute approximate surface area is 86.1 Å². The van der Waals surface area contributed by atoms with Gasteiger partial charge < -0.3 is 10.4 Å². The van der Waals surface area contributed by atoms with Gasteiger partial charge in [0, 0.05) is 5.56 Å². The lowest BCUT2D eigenvalue weighted by atomic mass is 10.1. The Bertz CT molecular complexity index is 349. The maximum atomic E-state index is 8.75. The first-order valence-electron chi connectivity index (χ1n) is 3.88. The van der Waals surface area contributed by atoms with E-state index in [-0.39, 0.29) is 17.3 Å². The van der Waals surface area contributed by atoms with Crippen molar-refractivity contribution >= 4 is 23.0 Å². The van der Waals surface area contributed by atoms with Crippen LogP contribution in [0.1, 0.15) is 5.56 Å². The molecule has 0 aromatic heterocycles. The Kier molecular flexibility index (Phi) is 3.94. The molecule has 1 aromatic rings. The lowest BCUT2D eigenvalue weighted by molar-refractivity contribution is 0.314. The van der Waals surface area contributed by atoms with Crippen molar-refractivity contribution in [1.29, 1.82) is 0 Å². The van der Waals surface area contributed by atoms with E-state index < -0.39 is 0 Å². The second kappa shape index (κ2) is 5.24. The number of hydrogen-bond acceptors (Lipinski definition) is 4. The van der Waals surface area contributed by atoms with Crippen molar-refractivity contribution in [3.05, 3.63) is 35.9 Å². The Hall–Kier alpha value is -1.55. The number of halogens is 1. The fraction of sp³-hybridized carbons (Fsp3) is 0.111. The molecule has 0 aliphatic carbocycles. The molecule has 74 valence electrons. The summed E-state index contributed by atoms with van der Waals surface area (Å²) in [6.07, 6.45) is 0. The van der Waals surface area contributed by atoms with Gasteiger partial charge in [0.15, 0.2) is 0 Å². The largest absolute Gasteiger partial charge is 0.411 e. The predicted octanol–water partition coefficient (Wildman–Crippen LogP) is 1.93. The van der Waals surface area contributed by atoms with E-state index in [0.717, 1.165) is 0 Å². The molecule has 0 bridgehead atoms. The van der Waals surface area contributed by atoms with Crippen molar-refractivity contribution in [2.75, 3.05) is 5.88 Å². The van der Waals surface area contributed by atoms with Gasteiger partial charge in [-0.2, -0.15) is 0 Å². The molecule has 0 unspecified atom stereocenters. The van der Waals surface area contributed by atoms with Crippen LogP contribution in [0.4, 0.5) is 0 Å². The molecule has 0 aliphatic rings. The molecule has 4 nitrogen and oxygen atoms in total. The van der Waals surface area contributed by atoms with Crippen LogP contribution in [-0.4, -0.2) is 27.7 Å². The molecule has 2 N–H and O–H groups in total. The number of nitrogens with zero attached hydrogens (tertiary/aromatic N) is 2. The van der Waals surface area contributed by atoms with Gasteiger partial charge in [-0.25, -0.2) is 0 Å². The minimum atomic E-state index is -0.0230. The second-order valence-electron chi connectivity index (χ2n) is 2.49. The van der Waals surface area contributed by atoms with Gasteiger partial charge >= 0.3 is 0 Å². The summed E-state index contributed by atoms with van der Waals surface area (Å²) < 4.78 is 0. The second-order valence-corrected chi connectivity index (χ2v) is 2.76. The third kappa shape index (κ3) is 2.23. The molecule has 1 rings (SSSR count). The number of alkyl halides is 1. The molecular weight excluding hydrogens is 204 g/mol. The van der Waals surface area contributed by atoms with E-state index in [1.807, 2.05) is 6.07 Å². The van der Waals surface area contributed by atoms with Gasteiger partial charge in [-0.1, -0.05) is 40.6 Å². The molecule has 0 aliphatic heterocycles. The van der Waals surface area contributed by atoms with Crippen molar-refractivity contribution in [2.24, 2.45) is 10.3 Å². The van der Waals surface area contributed by atoms with Crippen molar-refractivity contribution in [3.63, 3.8) is 0 Å². The van der Waals surface area contributed by atoms with Gasteiger partial charge in [-0.05, 0) is 0 Å². The monoisotopic (exact) mass is 212 g/mol. The average Bonchev–Trinajstić information content (AvgIpc) is 2.27. The molecule has 14 heavy (non-hydrogen) atoms. The lowest BCUT2D eigenvalue weighted by Gasteiger charge is -2.02. The summed E-state index contributed by atoms with van der Waals surface area (Å²) in [5.74, 6) is -0.0230. The third-order valence-electron chi connectivity index (χ3n) is 1.67. The maximum absolute atomic E-state index is 8.75. The van der Waals surface area contributed by atoms with Gasteiger partial charge in [0.1, 0.15) is 11.4 Å². The third-order valence-corrected chi connectivity index (χ3v) is 1.92. The van der Waals surface area contributed by atoms with E-state index >= 15 is 0 Å². The molecule has 1 aromatic carbocycles. The maximum Gasteiger partial charge on any atom is 0.135 e. The first kappa shape index (κ1) is 10.5. The Morgan fingerprint density at radius 1 is 1.14 bits per heavy atom. The molecule has 0 radical (unpaired) electrons. The summed E-state index contributed by atoms with van der Waals surface area (Å²) in [6, 6.07) is 8.85. The molecule has 0 amide bonds. The Morgan fingerprint density at radius 2 is 1.79 bits per heavy atom. The van der Waals surface area contributed by atoms with Crippen molar-refractivity contribution in [3.8, 4) is 0 Å². The highest BCUT2D eigenvalue weighted by molar-refractivity contribution is 6.55. The van der Waals surface area contributed by atoms with Crippen LogP contribution in [0.5, 0.6) is 0 Å². The Morgan fingerprint density at radius 3 is 2.21 bits per heavy atom. The van der Waals surface area contributed by atoms with Crippen LogP contribution in [0.15, 0.2) is 40.6 Å². The van der Waals surface area contributed by atoms with Crippen LogP contribution in [0.25, 0.3) is 0 Å². The highest BCUT2D eigenvalue weighted by Crippen LogP contribution is 2.03. The zero-order chi connectivity index (χ0) is 10.4. The predicted molar refractivity (Wildman–Crippen MR) is 54.7 cm³/mol. The molecule has 0 fully saturated rings. The van der Waals surface area contributed by atoms with E-state index in [2.05, 4.69) is 10.3 Å². The van der Waals surface area contributed by atoms with Gasteiger partial charge in [0.2, 0.25) is 0 Å². The SMILES string of the molecule is O/N=C(CCl)/C(=N/O)c1ccccc1. The van der Waals surface area contributed by atoms with E-state index in [9.17, 15) is 0 Å². The van der Waals surface area contributed by atoms with E-state index in [1.165, 1.54) is 0 Å². The topological polar surface area (TPSA) is 65.2 Å². The van der Waals surface area contributed by atoms with E-state index in [1.54, 1.807) is 24.3 Å². The molecular formula is C9H9ClN2O2. The fourth-order valence-electron chi connectivity index (χ4n) is 1.02. The standard InChI is InChI=1S/C9H9ClN2O2/c10-6-8(11-13)9(12-14)7-4-2-1-3-5-7/h1-5,13-14H,6H2/b11-8+,12-9+. The first-order chi connectivity index (χ1) is 6.83. The summed E-state index contributed by atoms with van der Waals surface area (Å²) in [5.41, 5.74) is 0.937. The number of hydrogen-bond donors (Lipinski definition) is 2. The van der Waals surface area contributed by atoms with E-state index in [0.29, 0.717) is 5.56 Å². The summed E-state index contributed by atoms with van der Waals surface area (Å²) in [6.45, 7) is 0. The minimum absolute atomic E-state index is 0.0230. The number of rotatable bonds is 3. The molecule has 0 heterocycles. The molecule has 5 heteroatoms. The normalized spacial score (nSPS) is 12.9. The average molecular weight is 213 g/mol. The summed E-state index contributed by atoms with van der Waals surface area (Å²) >= 11 is 5.51. The van der Waals surface area contributed by atoms with Crippen LogP contribution < -0.4 is 0 Å². The van der Waals surface area contributed by atoms with Crippen LogP contribution in [0.3, 0.4) is 0 Å². The van der Waals surface area contributed by atoms with Gasteiger partial charge in [-0.15, -0.1) is 11.6 Å². The lowest BCUT2D eigenvalue weighted by Crippen LogP contribution is -2.17. The number of benzene rings is 1. The van der Waals surface area contributed by atoms with E-state index in [4.69, 9.17) is 22.0 Å². The summed E-state index contributed by atoms with van der Waals surface area (Å²) in [7, 11) is 0. The molecule has 0 atom stereocenters. The smallest absolute Gasteiger partial charge is 0.135 e. The van der Waals surface area contributed by atoms with Crippen LogP contribution in [0.2, 0.25) is 0 Å². The zero-order valence-electron chi connectivity index (χ0n) is 7.26. The van der Waals surface area contributed by atoms with Crippen LogP contribution in [0, 0.1) is 0 Å². The summed E-state index contributed by atoms with van der Waals surface area (Å²) in [5, 5.41) is 23.3. The highest BCUT2D eigenvalue weighted by atomic mass is 35.5. The van der Waals surface area contributed by atoms with Crippen LogP contribution in [-0.2, 0) is 0 Å². The Balaban J connectivity index is 3.07. The molecule has 0 spiro atoms.